The van der Waals surface area contributed by atoms with Crippen LogP contribution in [0.1, 0.15) is 64.0 Å². The first-order chi connectivity index (χ1) is 8.32. The standard InChI is InChI=1S/C15H29N3/c1-8-15(6,7)10-16-11(3)14-12(4)17-18(9-2)13(14)5/h11,16H,8-10H2,1-7H3. The average Bonchev–Trinajstić information content (AvgIpc) is 2.61. The number of hydrogen-bond acceptors (Lipinski definition) is 2. The van der Waals surface area contributed by atoms with Crippen LogP contribution in [0, 0.1) is 19.3 Å². The Hall–Kier alpha value is -0.830. The maximum Gasteiger partial charge on any atom is 0.0644 e. The lowest BCUT2D eigenvalue weighted by atomic mass is 9.90. The molecule has 0 aliphatic carbocycles. The first-order valence-corrected chi connectivity index (χ1v) is 7.09. The molecule has 0 bridgehead atoms. The maximum atomic E-state index is 4.59. The molecule has 3 heteroatoms. The SMILES string of the molecule is CCn1nc(C)c(C(C)NCC(C)(C)CC)c1C. The summed E-state index contributed by atoms with van der Waals surface area (Å²) < 4.78 is 2.09. The van der Waals surface area contributed by atoms with Crippen LogP contribution in [0.25, 0.3) is 0 Å². The minimum atomic E-state index is 0.358. The molecule has 1 aromatic heterocycles. The summed E-state index contributed by atoms with van der Waals surface area (Å²) in [5, 5.41) is 8.25. The molecule has 0 aliphatic heterocycles. The van der Waals surface area contributed by atoms with Gasteiger partial charge in [-0.05, 0) is 39.5 Å². The van der Waals surface area contributed by atoms with Gasteiger partial charge in [0, 0.05) is 30.4 Å². The van der Waals surface area contributed by atoms with E-state index in [9.17, 15) is 0 Å². The Bertz CT molecular complexity index is 391. The highest BCUT2D eigenvalue weighted by molar-refractivity contribution is 5.27. The maximum absolute atomic E-state index is 4.59. The number of aryl methyl sites for hydroxylation is 2. The minimum Gasteiger partial charge on any atom is -0.310 e. The van der Waals surface area contributed by atoms with E-state index in [4.69, 9.17) is 0 Å². The molecule has 0 saturated carbocycles. The molecule has 104 valence electrons. The zero-order valence-corrected chi connectivity index (χ0v) is 13.1. The Morgan fingerprint density at radius 1 is 1.28 bits per heavy atom. The van der Waals surface area contributed by atoms with Gasteiger partial charge in [0.2, 0.25) is 0 Å². The molecule has 0 spiro atoms. The molecule has 0 fully saturated rings. The first kappa shape index (κ1) is 15.2. The largest absolute Gasteiger partial charge is 0.310 e. The normalized spacial score (nSPS) is 13.9. The van der Waals surface area contributed by atoms with Gasteiger partial charge in [-0.3, -0.25) is 4.68 Å². The third-order valence-electron chi connectivity index (χ3n) is 4.01. The fraction of sp³-hybridized carbons (Fsp3) is 0.800. The number of rotatable bonds is 6. The molecular weight excluding hydrogens is 222 g/mol. The highest BCUT2D eigenvalue weighted by Gasteiger charge is 2.20. The van der Waals surface area contributed by atoms with Crippen LogP contribution in [0.15, 0.2) is 0 Å². The molecule has 3 nitrogen and oxygen atoms in total. The third-order valence-corrected chi connectivity index (χ3v) is 4.01. The molecule has 0 aliphatic rings. The smallest absolute Gasteiger partial charge is 0.0644 e. The summed E-state index contributed by atoms with van der Waals surface area (Å²) in [5.74, 6) is 0. The molecule has 18 heavy (non-hydrogen) atoms. The summed E-state index contributed by atoms with van der Waals surface area (Å²) in [6.45, 7) is 17.5. The summed E-state index contributed by atoms with van der Waals surface area (Å²) >= 11 is 0. The fourth-order valence-corrected chi connectivity index (χ4v) is 2.30. The monoisotopic (exact) mass is 251 g/mol. The summed E-state index contributed by atoms with van der Waals surface area (Å²) in [7, 11) is 0. The lowest BCUT2D eigenvalue weighted by molar-refractivity contribution is 0.313. The molecule has 1 aromatic rings. The predicted molar refractivity (Wildman–Crippen MR) is 77.9 cm³/mol. The van der Waals surface area contributed by atoms with E-state index in [0.29, 0.717) is 11.5 Å². The van der Waals surface area contributed by atoms with Crippen LogP contribution >= 0.6 is 0 Å². The van der Waals surface area contributed by atoms with Crippen molar-refractivity contribution < 1.29 is 0 Å². The molecule has 1 rings (SSSR count). The van der Waals surface area contributed by atoms with Gasteiger partial charge in [0.1, 0.15) is 0 Å². The van der Waals surface area contributed by atoms with Gasteiger partial charge in [0.05, 0.1) is 5.69 Å². The third kappa shape index (κ3) is 3.35. The minimum absolute atomic E-state index is 0.358. The number of nitrogens with one attached hydrogen (secondary N) is 1. The Balaban J connectivity index is 2.79. The Kier molecular flexibility index (Phi) is 4.97. The van der Waals surface area contributed by atoms with Crippen molar-refractivity contribution in [2.45, 2.75) is 67.5 Å². The molecule has 1 heterocycles. The zero-order chi connectivity index (χ0) is 13.9. The van der Waals surface area contributed by atoms with E-state index < -0.39 is 0 Å². The summed E-state index contributed by atoms with van der Waals surface area (Å²) in [4.78, 5) is 0. The number of nitrogens with zero attached hydrogens (tertiary/aromatic N) is 2. The van der Waals surface area contributed by atoms with Crippen LogP contribution in [0.2, 0.25) is 0 Å². The molecular formula is C15H29N3. The van der Waals surface area contributed by atoms with Crippen LogP contribution in [-0.2, 0) is 6.54 Å². The lowest BCUT2D eigenvalue weighted by Crippen LogP contribution is -2.31. The van der Waals surface area contributed by atoms with E-state index in [1.165, 1.54) is 17.7 Å². The first-order valence-electron chi connectivity index (χ1n) is 7.09. The van der Waals surface area contributed by atoms with Crippen LogP contribution < -0.4 is 5.32 Å². The van der Waals surface area contributed by atoms with E-state index in [1.807, 2.05) is 0 Å². The van der Waals surface area contributed by atoms with Crippen molar-refractivity contribution in [2.75, 3.05) is 6.54 Å². The van der Waals surface area contributed by atoms with Crippen LogP contribution in [0.4, 0.5) is 0 Å². The molecule has 0 saturated heterocycles. The van der Waals surface area contributed by atoms with Crippen molar-refractivity contribution in [2.24, 2.45) is 5.41 Å². The quantitative estimate of drug-likeness (QED) is 0.837. The van der Waals surface area contributed by atoms with E-state index in [0.717, 1.165) is 18.8 Å². The highest BCUT2D eigenvalue weighted by atomic mass is 15.3. The van der Waals surface area contributed by atoms with Crippen molar-refractivity contribution in [3.05, 3.63) is 17.0 Å². The van der Waals surface area contributed by atoms with Crippen molar-refractivity contribution in [1.82, 2.24) is 15.1 Å². The van der Waals surface area contributed by atoms with Gasteiger partial charge >= 0.3 is 0 Å². The van der Waals surface area contributed by atoms with Gasteiger partial charge in [0.15, 0.2) is 0 Å². The van der Waals surface area contributed by atoms with Gasteiger partial charge < -0.3 is 5.32 Å². The fourth-order valence-electron chi connectivity index (χ4n) is 2.30. The summed E-state index contributed by atoms with van der Waals surface area (Å²) in [5.41, 5.74) is 4.17. The van der Waals surface area contributed by atoms with E-state index in [2.05, 4.69) is 63.6 Å². The molecule has 1 N–H and O–H groups in total. The molecule has 0 amide bonds. The second kappa shape index (κ2) is 5.87. The van der Waals surface area contributed by atoms with Crippen molar-refractivity contribution >= 4 is 0 Å². The molecule has 1 unspecified atom stereocenters. The van der Waals surface area contributed by atoms with Gasteiger partial charge in [0.25, 0.3) is 0 Å². The summed E-state index contributed by atoms with van der Waals surface area (Å²) in [6.07, 6.45) is 1.19. The predicted octanol–water partition coefficient (Wildman–Crippen LogP) is 3.61. The average molecular weight is 251 g/mol. The van der Waals surface area contributed by atoms with E-state index in [-0.39, 0.29) is 0 Å². The van der Waals surface area contributed by atoms with Gasteiger partial charge in [-0.2, -0.15) is 5.10 Å². The van der Waals surface area contributed by atoms with E-state index in [1.54, 1.807) is 0 Å². The van der Waals surface area contributed by atoms with Crippen molar-refractivity contribution in [3.63, 3.8) is 0 Å². The highest BCUT2D eigenvalue weighted by Crippen LogP contribution is 2.24. The zero-order valence-electron chi connectivity index (χ0n) is 13.1. The summed E-state index contributed by atoms with van der Waals surface area (Å²) in [6, 6.07) is 0.371. The second-order valence-corrected chi connectivity index (χ2v) is 6.02. The van der Waals surface area contributed by atoms with Gasteiger partial charge in [-0.1, -0.05) is 20.8 Å². The lowest BCUT2D eigenvalue weighted by Gasteiger charge is -2.26. The van der Waals surface area contributed by atoms with Crippen molar-refractivity contribution in [1.29, 1.82) is 0 Å². The van der Waals surface area contributed by atoms with Gasteiger partial charge in [-0.25, -0.2) is 0 Å². The van der Waals surface area contributed by atoms with E-state index >= 15 is 0 Å². The van der Waals surface area contributed by atoms with Crippen molar-refractivity contribution in [3.8, 4) is 0 Å². The Morgan fingerprint density at radius 3 is 2.33 bits per heavy atom. The molecule has 0 aromatic carbocycles. The van der Waals surface area contributed by atoms with Gasteiger partial charge in [-0.15, -0.1) is 0 Å². The number of hydrogen-bond donors (Lipinski definition) is 1. The van der Waals surface area contributed by atoms with Crippen LogP contribution in [0.5, 0.6) is 0 Å². The topological polar surface area (TPSA) is 29.9 Å². The van der Waals surface area contributed by atoms with Crippen LogP contribution in [-0.4, -0.2) is 16.3 Å². The Labute approximate surface area is 112 Å². The Morgan fingerprint density at radius 2 is 1.89 bits per heavy atom. The second-order valence-electron chi connectivity index (χ2n) is 6.02. The number of aromatic nitrogens is 2. The molecule has 1 atom stereocenters. The molecule has 0 radical (unpaired) electrons. The van der Waals surface area contributed by atoms with Crippen LogP contribution in [0.3, 0.4) is 0 Å².